The minimum Gasteiger partial charge on any atom is -0.454 e. The molecule has 0 bridgehead atoms. The van der Waals surface area contributed by atoms with Gasteiger partial charge in [-0.05, 0) is 58.7 Å². The highest BCUT2D eigenvalue weighted by Gasteiger charge is 2.18. The van der Waals surface area contributed by atoms with Gasteiger partial charge in [0.15, 0.2) is 5.58 Å². The van der Waals surface area contributed by atoms with Crippen LogP contribution in [0.2, 0.25) is 0 Å². The van der Waals surface area contributed by atoms with Crippen molar-refractivity contribution in [2.75, 3.05) is 0 Å². The molecule has 0 amide bonds. The first-order valence-electron chi connectivity index (χ1n) is 13.1. The van der Waals surface area contributed by atoms with E-state index in [-0.39, 0.29) is 0 Å². The summed E-state index contributed by atoms with van der Waals surface area (Å²) in [6.07, 6.45) is 0. The average molecular weight is 564 g/mol. The lowest BCUT2D eigenvalue weighted by atomic mass is 9.98. The predicted octanol–water partition coefficient (Wildman–Crippen LogP) is 10.8. The Balaban J connectivity index is 1.40. The van der Waals surface area contributed by atoms with Crippen molar-refractivity contribution in [3.63, 3.8) is 0 Å². The Morgan fingerprint density at radius 2 is 1.18 bits per heavy atom. The molecule has 0 saturated carbocycles. The van der Waals surface area contributed by atoms with E-state index in [1.54, 1.807) is 0 Å². The first-order chi connectivity index (χ1) is 19.3. The van der Waals surface area contributed by atoms with E-state index in [4.69, 9.17) is 4.42 Å². The Bertz CT molecular complexity index is 2200. The summed E-state index contributed by atoms with van der Waals surface area (Å²) >= 11 is 3.72. The first kappa shape index (κ1) is 22.4. The Morgan fingerprint density at radius 1 is 0.487 bits per heavy atom. The van der Waals surface area contributed by atoms with Crippen molar-refractivity contribution < 1.29 is 4.42 Å². The van der Waals surface area contributed by atoms with Crippen molar-refractivity contribution in [2.45, 2.75) is 0 Å². The van der Waals surface area contributed by atoms with Gasteiger partial charge in [-0.2, -0.15) is 0 Å². The molecule has 0 aliphatic heterocycles. The minimum atomic E-state index is 0.905. The molecule has 39 heavy (non-hydrogen) atoms. The number of para-hydroxylation sites is 3. The van der Waals surface area contributed by atoms with E-state index < -0.39 is 0 Å². The normalized spacial score (nSPS) is 11.7. The quantitative estimate of drug-likeness (QED) is 0.209. The van der Waals surface area contributed by atoms with Crippen LogP contribution in [0.4, 0.5) is 0 Å². The number of hydrogen-bond donors (Lipinski definition) is 0. The van der Waals surface area contributed by atoms with Gasteiger partial charge in [-0.3, -0.25) is 0 Å². The molecule has 0 atom stereocenters. The number of nitrogens with zero attached hydrogens (tertiary/aromatic N) is 1. The van der Waals surface area contributed by atoms with E-state index in [1.807, 2.05) is 18.2 Å². The molecule has 0 radical (unpaired) electrons. The topological polar surface area (TPSA) is 18.1 Å². The number of halogens is 1. The van der Waals surface area contributed by atoms with Crippen LogP contribution in [-0.4, -0.2) is 4.57 Å². The zero-order valence-corrected chi connectivity index (χ0v) is 22.5. The van der Waals surface area contributed by atoms with Crippen molar-refractivity contribution in [1.29, 1.82) is 0 Å². The average Bonchev–Trinajstić information content (AvgIpc) is 3.53. The van der Waals surface area contributed by atoms with Crippen LogP contribution in [0, 0.1) is 0 Å². The van der Waals surface area contributed by atoms with E-state index in [0.717, 1.165) is 37.6 Å². The van der Waals surface area contributed by atoms with Crippen molar-refractivity contribution in [1.82, 2.24) is 4.57 Å². The molecule has 6 aromatic carbocycles. The Morgan fingerprint density at radius 3 is 2.10 bits per heavy atom. The molecule has 2 aromatic heterocycles. The molecule has 0 saturated heterocycles. The molecule has 3 heteroatoms. The van der Waals surface area contributed by atoms with Gasteiger partial charge < -0.3 is 8.98 Å². The number of furan rings is 1. The summed E-state index contributed by atoms with van der Waals surface area (Å²) in [6.45, 7) is 0. The summed E-state index contributed by atoms with van der Waals surface area (Å²) in [6, 6.07) is 47.3. The molecule has 0 spiro atoms. The van der Waals surface area contributed by atoms with Crippen LogP contribution in [0.15, 0.2) is 142 Å². The lowest BCUT2D eigenvalue weighted by molar-refractivity contribution is 0.666. The van der Waals surface area contributed by atoms with Gasteiger partial charge in [0, 0.05) is 26.0 Å². The molecule has 8 rings (SSSR count). The van der Waals surface area contributed by atoms with Gasteiger partial charge in [-0.15, -0.1) is 0 Å². The molecule has 0 aliphatic carbocycles. The highest BCUT2D eigenvalue weighted by Crippen LogP contribution is 2.39. The number of aromatic nitrogens is 1. The Labute approximate surface area is 233 Å². The zero-order valence-electron chi connectivity index (χ0n) is 20.9. The number of rotatable bonds is 3. The fourth-order valence-electron chi connectivity index (χ4n) is 5.88. The van der Waals surface area contributed by atoms with E-state index in [9.17, 15) is 0 Å². The van der Waals surface area contributed by atoms with Gasteiger partial charge in [-0.1, -0.05) is 113 Å². The molecule has 0 fully saturated rings. The van der Waals surface area contributed by atoms with Crippen LogP contribution in [-0.2, 0) is 0 Å². The summed E-state index contributed by atoms with van der Waals surface area (Å²) in [5, 5.41) is 4.73. The van der Waals surface area contributed by atoms with Crippen LogP contribution in [0.1, 0.15) is 0 Å². The van der Waals surface area contributed by atoms with E-state index in [1.165, 1.54) is 38.5 Å². The molecule has 0 unspecified atom stereocenters. The van der Waals surface area contributed by atoms with E-state index >= 15 is 0 Å². The molecule has 0 aliphatic rings. The zero-order chi connectivity index (χ0) is 25.9. The summed E-state index contributed by atoms with van der Waals surface area (Å²) in [7, 11) is 0. The number of hydrogen-bond acceptors (Lipinski definition) is 1. The Hall–Kier alpha value is -4.60. The molecule has 2 heterocycles. The fraction of sp³-hybridized carbons (Fsp3) is 0. The monoisotopic (exact) mass is 563 g/mol. The van der Waals surface area contributed by atoms with Gasteiger partial charge in [0.25, 0.3) is 0 Å². The molecule has 184 valence electrons. The molecule has 0 N–H and O–H groups in total. The smallest absolute Gasteiger partial charge is 0.159 e. The maximum absolute atomic E-state index is 6.47. The van der Waals surface area contributed by atoms with Crippen LogP contribution < -0.4 is 0 Å². The molecular weight excluding hydrogens is 542 g/mol. The molecule has 2 nitrogen and oxygen atoms in total. The van der Waals surface area contributed by atoms with Crippen molar-refractivity contribution >= 4 is 59.7 Å². The third kappa shape index (κ3) is 3.47. The van der Waals surface area contributed by atoms with Gasteiger partial charge >= 0.3 is 0 Å². The van der Waals surface area contributed by atoms with E-state index in [0.29, 0.717) is 0 Å². The predicted molar refractivity (Wildman–Crippen MR) is 167 cm³/mol. The van der Waals surface area contributed by atoms with Gasteiger partial charge in [0.2, 0.25) is 0 Å². The maximum Gasteiger partial charge on any atom is 0.159 e. The summed E-state index contributed by atoms with van der Waals surface area (Å²) < 4.78 is 9.92. The second-order valence-electron chi connectivity index (χ2n) is 9.90. The second kappa shape index (κ2) is 8.72. The standard InChI is InChI=1S/C36H22BrNO/c37-31-15-4-1-11-26(31)25-10-7-9-23(21-25)24-19-20-28-27-12-2-5-16-32(27)38(34(28)22-24)33-17-8-14-30-29-13-3-6-18-35(29)39-36(30)33/h1-22H. The van der Waals surface area contributed by atoms with Crippen LogP contribution in [0.25, 0.3) is 71.7 Å². The lowest BCUT2D eigenvalue weighted by Gasteiger charge is -2.11. The van der Waals surface area contributed by atoms with Crippen LogP contribution in [0.5, 0.6) is 0 Å². The highest BCUT2D eigenvalue weighted by atomic mass is 79.9. The number of benzene rings is 6. The number of fused-ring (bicyclic) bond motifs is 6. The summed E-state index contributed by atoms with van der Waals surface area (Å²) in [5.74, 6) is 0. The van der Waals surface area contributed by atoms with Crippen molar-refractivity contribution in [3.05, 3.63) is 138 Å². The molecular formula is C36H22BrNO. The van der Waals surface area contributed by atoms with Crippen LogP contribution in [0.3, 0.4) is 0 Å². The second-order valence-corrected chi connectivity index (χ2v) is 10.8. The maximum atomic E-state index is 6.47. The van der Waals surface area contributed by atoms with Gasteiger partial charge in [-0.25, -0.2) is 0 Å². The highest BCUT2D eigenvalue weighted by molar-refractivity contribution is 9.10. The SMILES string of the molecule is Brc1ccccc1-c1cccc(-c2ccc3c4ccccc4n(-c4cccc5c4oc4ccccc45)c3c2)c1. The third-order valence-corrected chi connectivity index (χ3v) is 8.37. The van der Waals surface area contributed by atoms with Crippen molar-refractivity contribution in [3.8, 4) is 27.9 Å². The third-order valence-electron chi connectivity index (χ3n) is 7.68. The minimum absolute atomic E-state index is 0.905. The largest absolute Gasteiger partial charge is 0.454 e. The summed E-state index contributed by atoms with van der Waals surface area (Å²) in [5.41, 5.74) is 9.93. The van der Waals surface area contributed by atoms with E-state index in [2.05, 4.69) is 136 Å². The van der Waals surface area contributed by atoms with Crippen LogP contribution >= 0.6 is 15.9 Å². The van der Waals surface area contributed by atoms with Crippen molar-refractivity contribution in [2.24, 2.45) is 0 Å². The summed E-state index contributed by atoms with van der Waals surface area (Å²) in [4.78, 5) is 0. The van der Waals surface area contributed by atoms with Gasteiger partial charge in [0.05, 0.1) is 16.7 Å². The Kier molecular flexibility index (Phi) is 5.01. The van der Waals surface area contributed by atoms with Gasteiger partial charge in [0.1, 0.15) is 5.58 Å². The first-order valence-corrected chi connectivity index (χ1v) is 13.8. The molecule has 8 aromatic rings. The lowest BCUT2D eigenvalue weighted by Crippen LogP contribution is -1.94. The fourth-order valence-corrected chi connectivity index (χ4v) is 6.39.